The van der Waals surface area contributed by atoms with Crippen molar-refractivity contribution in [2.24, 2.45) is 5.41 Å². The van der Waals surface area contributed by atoms with Gasteiger partial charge in [-0.05, 0) is 26.8 Å². The molecule has 0 aliphatic heterocycles. The van der Waals surface area contributed by atoms with E-state index in [1.54, 1.807) is 0 Å². The summed E-state index contributed by atoms with van der Waals surface area (Å²) in [5.74, 6) is -3.17. The third kappa shape index (κ3) is 2.43. The highest BCUT2D eigenvalue weighted by atomic mass is 19.3. The molecule has 2 rings (SSSR count). The number of halogens is 3. The third-order valence-corrected chi connectivity index (χ3v) is 3.36. The molecule has 0 N–H and O–H groups in total. The van der Waals surface area contributed by atoms with Crippen LogP contribution in [0.2, 0.25) is 0 Å². The van der Waals surface area contributed by atoms with E-state index in [1.807, 2.05) is 0 Å². The normalized spacial score (nSPS) is 21.6. The van der Waals surface area contributed by atoms with E-state index in [2.05, 4.69) is 0 Å². The Balaban J connectivity index is 2.50. The Morgan fingerprint density at radius 3 is 2.43 bits per heavy atom. The van der Waals surface area contributed by atoms with E-state index < -0.39 is 41.4 Å². The first-order valence-corrected chi connectivity index (χ1v) is 6.43. The molecular weight excluding hydrogens is 285 g/mol. The summed E-state index contributed by atoms with van der Waals surface area (Å²) in [4.78, 5) is 24.5. The van der Waals surface area contributed by atoms with Gasteiger partial charge in [-0.15, -0.1) is 0 Å². The lowest BCUT2D eigenvalue weighted by Crippen LogP contribution is -2.47. The predicted molar refractivity (Wildman–Crippen MR) is 68.7 cm³/mol. The van der Waals surface area contributed by atoms with E-state index in [1.165, 1.54) is 32.9 Å². The zero-order valence-electron chi connectivity index (χ0n) is 11.9. The van der Waals surface area contributed by atoms with E-state index in [-0.39, 0.29) is 11.1 Å². The molecule has 1 unspecified atom stereocenters. The average Bonchev–Trinajstić information content (AvgIpc) is 2.64. The van der Waals surface area contributed by atoms with Crippen molar-refractivity contribution in [2.45, 2.75) is 39.2 Å². The van der Waals surface area contributed by atoms with Gasteiger partial charge in [-0.25, -0.2) is 13.2 Å². The molecule has 1 atom stereocenters. The minimum absolute atomic E-state index is 0.159. The number of alkyl halides is 2. The average molecular weight is 300 g/mol. The first-order chi connectivity index (χ1) is 9.59. The fraction of sp³-hybridized carbons (Fsp3) is 0.467. The molecule has 3 nitrogen and oxygen atoms in total. The molecule has 114 valence electrons. The molecule has 21 heavy (non-hydrogen) atoms. The molecule has 0 fully saturated rings. The molecule has 0 spiro atoms. The number of Topliss-reactive ketones (excluding diaryl/α,β-unsaturated/α-hetero) is 1. The van der Waals surface area contributed by atoms with Crippen LogP contribution >= 0.6 is 0 Å². The van der Waals surface area contributed by atoms with Crippen LogP contribution in [0, 0.1) is 11.2 Å². The molecule has 1 aliphatic carbocycles. The molecule has 0 saturated heterocycles. The highest BCUT2D eigenvalue weighted by molar-refractivity contribution is 6.16. The van der Waals surface area contributed by atoms with Crippen molar-refractivity contribution in [1.29, 1.82) is 0 Å². The number of rotatable bonds is 2. The number of carbonyl (C=O) groups is 2. The van der Waals surface area contributed by atoms with Crippen LogP contribution in [0.3, 0.4) is 0 Å². The monoisotopic (exact) mass is 300 g/mol. The van der Waals surface area contributed by atoms with Crippen molar-refractivity contribution in [3.63, 3.8) is 0 Å². The summed E-state index contributed by atoms with van der Waals surface area (Å²) in [6.45, 7) is 4.53. The molecule has 0 radical (unpaired) electrons. The zero-order valence-corrected chi connectivity index (χ0v) is 11.9. The molecular formula is C15H15F3O3. The van der Waals surface area contributed by atoms with Crippen LogP contribution < -0.4 is 0 Å². The summed E-state index contributed by atoms with van der Waals surface area (Å²) in [5, 5.41) is 0. The molecule has 6 heteroatoms. The second-order valence-corrected chi connectivity index (χ2v) is 6.05. The molecule has 0 amide bonds. The number of hydrogen-bond donors (Lipinski definition) is 0. The van der Waals surface area contributed by atoms with E-state index in [0.29, 0.717) is 0 Å². The molecule has 1 aliphatic rings. The number of esters is 1. The molecule has 1 aromatic carbocycles. The minimum atomic E-state index is -3.27. The van der Waals surface area contributed by atoms with Crippen LogP contribution in [0.4, 0.5) is 13.2 Å². The SMILES string of the molecule is CC(C)(C)OC(=O)C1(C(F)F)Cc2c(F)cccc2C1=O. The van der Waals surface area contributed by atoms with Crippen LogP contribution in [-0.2, 0) is 16.0 Å². The second kappa shape index (κ2) is 4.86. The van der Waals surface area contributed by atoms with E-state index in [9.17, 15) is 22.8 Å². The van der Waals surface area contributed by atoms with Crippen LogP contribution in [0.15, 0.2) is 18.2 Å². The van der Waals surface area contributed by atoms with Crippen LogP contribution in [0.5, 0.6) is 0 Å². The van der Waals surface area contributed by atoms with Gasteiger partial charge in [0.25, 0.3) is 6.43 Å². The topological polar surface area (TPSA) is 43.4 Å². The summed E-state index contributed by atoms with van der Waals surface area (Å²) < 4.78 is 45.7. The van der Waals surface area contributed by atoms with Crippen LogP contribution in [0.1, 0.15) is 36.7 Å². The van der Waals surface area contributed by atoms with Gasteiger partial charge >= 0.3 is 5.97 Å². The maximum absolute atomic E-state index is 13.7. The number of ketones is 1. The van der Waals surface area contributed by atoms with Gasteiger partial charge in [0.15, 0.2) is 11.2 Å². The van der Waals surface area contributed by atoms with Gasteiger partial charge in [0, 0.05) is 17.5 Å². The summed E-state index contributed by atoms with van der Waals surface area (Å²) in [6.07, 6.45) is -3.95. The highest BCUT2D eigenvalue weighted by Crippen LogP contribution is 2.44. The summed E-state index contributed by atoms with van der Waals surface area (Å²) in [5.41, 5.74) is -4.01. The number of ether oxygens (including phenoxy) is 1. The van der Waals surface area contributed by atoms with Crippen molar-refractivity contribution < 1.29 is 27.5 Å². The number of fused-ring (bicyclic) bond motifs is 1. The Labute approximate surface area is 120 Å². The third-order valence-electron chi connectivity index (χ3n) is 3.36. The van der Waals surface area contributed by atoms with Crippen LogP contribution in [-0.4, -0.2) is 23.8 Å². The van der Waals surface area contributed by atoms with Crippen LogP contribution in [0.25, 0.3) is 0 Å². The first kappa shape index (κ1) is 15.5. The van der Waals surface area contributed by atoms with Gasteiger partial charge in [0.1, 0.15) is 11.4 Å². The Hall–Kier alpha value is -1.85. The van der Waals surface area contributed by atoms with Crippen molar-refractivity contribution >= 4 is 11.8 Å². The van der Waals surface area contributed by atoms with Gasteiger partial charge in [0.05, 0.1) is 0 Å². The fourth-order valence-electron chi connectivity index (χ4n) is 2.35. The van der Waals surface area contributed by atoms with Gasteiger partial charge in [-0.3, -0.25) is 9.59 Å². The maximum Gasteiger partial charge on any atom is 0.326 e. The highest BCUT2D eigenvalue weighted by Gasteiger charge is 2.60. The first-order valence-electron chi connectivity index (χ1n) is 6.43. The molecule has 0 bridgehead atoms. The van der Waals surface area contributed by atoms with Gasteiger partial charge in [-0.1, -0.05) is 12.1 Å². The van der Waals surface area contributed by atoms with Gasteiger partial charge in [-0.2, -0.15) is 0 Å². The molecule has 0 aromatic heterocycles. The second-order valence-electron chi connectivity index (χ2n) is 6.05. The smallest absolute Gasteiger partial charge is 0.326 e. The lowest BCUT2D eigenvalue weighted by molar-refractivity contribution is -0.171. The van der Waals surface area contributed by atoms with Gasteiger partial charge < -0.3 is 4.74 Å². The Bertz CT molecular complexity index is 605. The van der Waals surface area contributed by atoms with E-state index in [0.717, 1.165) is 6.07 Å². The van der Waals surface area contributed by atoms with E-state index >= 15 is 0 Å². The lowest BCUT2D eigenvalue weighted by Gasteiger charge is -2.29. The van der Waals surface area contributed by atoms with Crippen molar-refractivity contribution in [2.75, 3.05) is 0 Å². The summed E-state index contributed by atoms with van der Waals surface area (Å²) >= 11 is 0. The summed E-state index contributed by atoms with van der Waals surface area (Å²) in [6, 6.07) is 3.57. The van der Waals surface area contributed by atoms with Crippen molar-refractivity contribution in [3.05, 3.63) is 35.1 Å². The predicted octanol–water partition coefficient (Wildman–Crippen LogP) is 3.16. The number of benzene rings is 1. The number of carbonyl (C=O) groups excluding carboxylic acids is 2. The standard InChI is InChI=1S/C15H15F3O3/c1-14(2,3)21-13(20)15(12(17)18)7-9-8(11(15)19)5-4-6-10(9)16/h4-6,12H,7H2,1-3H3. The van der Waals surface area contributed by atoms with Crippen molar-refractivity contribution in [3.8, 4) is 0 Å². The minimum Gasteiger partial charge on any atom is -0.459 e. The molecule has 0 saturated carbocycles. The fourth-order valence-corrected chi connectivity index (χ4v) is 2.35. The number of hydrogen-bond acceptors (Lipinski definition) is 3. The van der Waals surface area contributed by atoms with Gasteiger partial charge in [0.2, 0.25) is 0 Å². The Kier molecular flexibility index (Phi) is 3.59. The zero-order chi connectivity index (χ0) is 16.0. The van der Waals surface area contributed by atoms with Crippen molar-refractivity contribution in [1.82, 2.24) is 0 Å². The largest absolute Gasteiger partial charge is 0.459 e. The maximum atomic E-state index is 13.7. The Morgan fingerprint density at radius 1 is 1.33 bits per heavy atom. The lowest BCUT2D eigenvalue weighted by atomic mass is 9.84. The summed E-state index contributed by atoms with van der Waals surface area (Å²) in [7, 11) is 0. The molecule has 0 heterocycles. The van der Waals surface area contributed by atoms with E-state index in [4.69, 9.17) is 4.74 Å². The molecule has 1 aromatic rings. The Morgan fingerprint density at radius 2 is 1.95 bits per heavy atom. The quantitative estimate of drug-likeness (QED) is 0.622.